The van der Waals surface area contributed by atoms with E-state index in [1.54, 1.807) is 0 Å². The molecule has 21 heavy (non-hydrogen) atoms. The Hall–Kier alpha value is -1.68. The molecule has 5 heteroatoms. The summed E-state index contributed by atoms with van der Waals surface area (Å²) in [5, 5.41) is 2.94. The van der Waals surface area contributed by atoms with Crippen LogP contribution in [0.5, 0.6) is 0 Å². The van der Waals surface area contributed by atoms with Crippen LogP contribution in [0.4, 0.5) is 18.9 Å². The lowest BCUT2D eigenvalue weighted by Gasteiger charge is -2.18. The van der Waals surface area contributed by atoms with E-state index < -0.39 is 11.7 Å². The molecule has 0 bridgehead atoms. The maximum absolute atomic E-state index is 13.0. The Kier molecular flexibility index (Phi) is 4.78. The monoisotopic (exact) mass is 313 g/mol. The Balaban J connectivity index is 2.14. The van der Waals surface area contributed by atoms with Crippen molar-refractivity contribution >= 4 is 17.3 Å². The Labute approximate surface area is 126 Å². The van der Waals surface area contributed by atoms with E-state index >= 15 is 0 Å². The molecule has 2 rings (SSSR count). The lowest BCUT2D eigenvalue weighted by Crippen LogP contribution is -2.14. The zero-order valence-corrected chi connectivity index (χ0v) is 12.2. The maximum atomic E-state index is 13.0. The van der Waals surface area contributed by atoms with Gasteiger partial charge in [0.1, 0.15) is 0 Å². The van der Waals surface area contributed by atoms with E-state index in [9.17, 15) is 13.2 Å². The molecule has 0 aliphatic rings. The molecule has 2 aromatic carbocycles. The van der Waals surface area contributed by atoms with Crippen LogP contribution < -0.4 is 5.32 Å². The quantitative estimate of drug-likeness (QED) is 0.777. The van der Waals surface area contributed by atoms with E-state index in [-0.39, 0.29) is 16.6 Å². The molecule has 2 aromatic rings. The first-order chi connectivity index (χ1) is 9.88. The second-order valence-corrected chi connectivity index (χ2v) is 5.32. The van der Waals surface area contributed by atoms with Crippen molar-refractivity contribution in [2.24, 2.45) is 0 Å². The van der Waals surface area contributed by atoms with Gasteiger partial charge in [-0.25, -0.2) is 0 Å². The zero-order chi connectivity index (χ0) is 15.5. The highest BCUT2D eigenvalue weighted by molar-refractivity contribution is 6.30. The Bertz CT molecular complexity index is 596. The molecule has 1 nitrogen and oxygen atoms in total. The number of alkyl halides is 3. The molecule has 0 saturated carbocycles. The van der Waals surface area contributed by atoms with Gasteiger partial charge in [-0.1, -0.05) is 48.9 Å². The molecular formula is C16H15ClF3N. The number of hydrogen-bond acceptors (Lipinski definition) is 1. The SMILES string of the molecule is CC(CNc1ccc(Cl)cc1C(F)(F)F)c1ccccc1. The molecule has 0 aliphatic carbocycles. The average molecular weight is 314 g/mol. The number of benzene rings is 2. The zero-order valence-electron chi connectivity index (χ0n) is 11.4. The predicted molar refractivity (Wildman–Crippen MR) is 79.8 cm³/mol. The van der Waals surface area contributed by atoms with Gasteiger partial charge in [0.2, 0.25) is 0 Å². The molecule has 0 saturated heterocycles. The fraction of sp³-hybridized carbons (Fsp3) is 0.250. The van der Waals surface area contributed by atoms with Gasteiger partial charge in [-0.05, 0) is 29.7 Å². The first kappa shape index (κ1) is 15.7. The minimum Gasteiger partial charge on any atom is -0.384 e. The van der Waals surface area contributed by atoms with Gasteiger partial charge in [-0.3, -0.25) is 0 Å². The van der Waals surface area contributed by atoms with Crippen LogP contribution in [0, 0.1) is 0 Å². The van der Waals surface area contributed by atoms with Crippen LogP contribution in [0.15, 0.2) is 48.5 Å². The van der Waals surface area contributed by atoms with E-state index in [1.165, 1.54) is 12.1 Å². The minimum absolute atomic E-state index is 0.0506. The predicted octanol–water partition coefficient (Wildman–Crippen LogP) is 5.57. The Morgan fingerprint density at radius 1 is 1.10 bits per heavy atom. The van der Waals surface area contributed by atoms with Crippen LogP contribution >= 0.6 is 11.6 Å². The van der Waals surface area contributed by atoms with Crippen LogP contribution in [0.3, 0.4) is 0 Å². The molecule has 1 unspecified atom stereocenters. The normalized spacial score (nSPS) is 13.0. The second kappa shape index (κ2) is 6.39. The summed E-state index contributed by atoms with van der Waals surface area (Å²) in [7, 11) is 0. The first-order valence-corrected chi connectivity index (χ1v) is 6.91. The van der Waals surface area contributed by atoms with Crippen molar-refractivity contribution in [2.45, 2.75) is 19.0 Å². The highest BCUT2D eigenvalue weighted by Gasteiger charge is 2.33. The molecule has 112 valence electrons. The molecule has 1 atom stereocenters. The minimum atomic E-state index is -4.43. The summed E-state index contributed by atoms with van der Waals surface area (Å²) >= 11 is 5.65. The fourth-order valence-corrected chi connectivity index (χ4v) is 2.24. The van der Waals surface area contributed by atoms with Crippen LogP contribution in [-0.2, 0) is 6.18 Å². The van der Waals surface area contributed by atoms with Gasteiger partial charge in [-0.15, -0.1) is 0 Å². The molecule has 0 fully saturated rings. The van der Waals surface area contributed by atoms with Crippen LogP contribution in [0.25, 0.3) is 0 Å². The van der Waals surface area contributed by atoms with Gasteiger partial charge in [-0.2, -0.15) is 13.2 Å². The molecular weight excluding hydrogens is 299 g/mol. The van der Waals surface area contributed by atoms with E-state index in [0.29, 0.717) is 6.54 Å². The topological polar surface area (TPSA) is 12.0 Å². The highest BCUT2D eigenvalue weighted by atomic mass is 35.5. The van der Waals surface area contributed by atoms with Crippen molar-refractivity contribution in [3.05, 3.63) is 64.7 Å². The Morgan fingerprint density at radius 3 is 2.38 bits per heavy atom. The van der Waals surface area contributed by atoms with Crippen molar-refractivity contribution in [1.29, 1.82) is 0 Å². The van der Waals surface area contributed by atoms with Crippen molar-refractivity contribution in [3.63, 3.8) is 0 Å². The van der Waals surface area contributed by atoms with Crippen LogP contribution in [0.1, 0.15) is 24.0 Å². The first-order valence-electron chi connectivity index (χ1n) is 6.53. The summed E-state index contributed by atoms with van der Waals surface area (Å²) in [6, 6.07) is 13.4. The standard InChI is InChI=1S/C16H15ClF3N/c1-11(12-5-3-2-4-6-12)10-21-15-8-7-13(17)9-14(15)16(18,19)20/h2-9,11,21H,10H2,1H3. The summed E-state index contributed by atoms with van der Waals surface area (Å²) in [4.78, 5) is 0. The van der Waals surface area contributed by atoms with Gasteiger partial charge < -0.3 is 5.32 Å². The summed E-state index contributed by atoms with van der Waals surface area (Å²) in [5.41, 5.74) is 0.387. The summed E-state index contributed by atoms with van der Waals surface area (Å²) < 4.78 is 38.9. The molecule has 0 aliphatic heterocycles. The van der Waals surface area contributed by atoms with Crippen LogP contribution in [0.2, 0.25) is 5.02 Å². The largest absolute Gasteiger partial charge is 0.418 e. The van der Waals surface area contributed by atoms with E-state index in [2.05, 4.69) is 5.32 Å². The average Bonchev–Trinajstić information content (AvgIpc) is 2.45. The lowest BCUT2D eigenvalue weighted by molar-refractivity contribution is -0.136. The Morgan fingerprint density at radius 2 is 1.76 bits per heavy atom. The number of nitrogens with one attached hydrogen (secondary N) is 1. The van der Waals surface area contributed by atoms with Crippen molar-refractivity contribution < 1.29 is 13.2 Å². The number of rotatable bonds is 4. The number of halogens is 4. The molecule has 0 spiro atoms. The van der Waals surface area contributed by atoms with Gasteiger partial charge >= 0.3 is 6.18 Å². The van der Waals surface area contributed by atoms with Crippen molar-refractivity contribution in [3.8, 4) is 0 Å². The summed E-state index contributed by atoms with van der Waals surface area (Å²) in [6.07, 6.45) is -4.43. The smallest absolute Gasteiger partial charge is 0.384 e. The maximum Gasteiger partial charge on any atom is 0.418 e. The van der Waals surface area contributed by atoms with E-state index in [1.807, 2.05) is 37.3 Å². The third-order valence-electron chi connectivity index (χ3n) is 3.25. The van der Waals surface area contributed by atoms with Gasteiger partial charge in [0.25, 0.3) is 0 Å². The van der Waals surface area contributed by atoms with E-state index in [4.69, 9.17) is 11.6 Å². The fourth-order valence-electron chi connectivity index (χ4n) is 2.07. The summed E-state index contributed by atoms with van der Waals surface area (Å²) in [6.45, 7) is 2.38. The molecule has 0 radical (unpaired) electrons. The third-order valence-corrected chi connectivity index (χ3v) is 3.49. The van der Waals surface area contributed by atoms with E-state index in [0.717, 1.165) is 11.6 Å². The summed E-state index contributed by atoms with van der Waals surface area (Å²) in [5.74, 6) is 0.1000. The lowest BCUT2D eigenvalue weighted by atomic mass is 10.0. The third kappa shape index (κ3) is 4.14. The van der Waals surface area contributed by atoms with Gasteiger partial charge in [0.15, 0.2) is 0 Å². The van der Waals surface area contributed by atoms with Gasteiger partial charge in [0.05, 0.1) is 5.56 Å². The molecule has 1 N–H and O–H groups in total. The number of hydrogen-bond donors (Lipinski definition) is 1. The molecule has 0 heterocycles. The number of anilines is 1. The van der Waals surface area contributed by atoms with Crippen molar-refractivity contribution in [2.75, 3.05) is 11.9 Å². The van der Waals surface area contributed by atoms with Crippen molar-refractivity contribution in [1.82, 2.24) is 0 Å². The van der Waals surface area contributed by atoms with Gasteiger partial charge in [0, 0.05) is 17.3 Å². The second-order valence-electron chi connectivity index (χ2n) is 4.88. The molecule has 0 aromatic heterocycles. The van der Waals surface area contributed by atoms with Crippen LogP contribution in [-0.4, -0.2) is 6.54 Å². The highest BCUT2D eigenvalue weighted by Crippen LogP contribution is 2.36. The molecule has 0 amide bonds.